The number of rotatable bonds is 4. The third-order valence-corrected chi connectivity index (χ3v) is 2.19. The van der Waals surface area contributed by atoms with Crippen LogP contribution in [0, 0.1) is 0 Å². The van der Waals surface area contributed by atoms with E-state index in [9.17, 15) is 5.11 Å². The van der Waals surface area contributed by atoms with E-state index in [0.717, 1.165) is 0 Å². The van der Waals surface area contributed by atoms with Gasteiger partial charge < -0.3 is 9.84 Å². The molecule has 0 rings (SSSR count). The van der Waals surface area contributed by atoms with E-state index in [1.807, 2.05) is 0 Å². The minimum atomic E-state index is -1.21. The molecule has 0 aromatic heterocycles. The molecule has 66 valence electrons. The first kappa shape index (κ1) is 10.9. The summed E-state index contributed by atoms with van der Waals surface area (Å²) in [5, 5.41) is 9.37. The van der Waals surface area contributed by atoms with Crippen LogP contribution in [0.1, 0.15) is 6.92 Å². The van der Waals surface area contributed by atoms with Crippen molar-refractivity contribution in [2.45, 2.75) is 32.4 Å². The molecule has 2 nitrogen and oxygen atoms in total. The van der Waals surface area contributed by atoms with Crippen molar-refractivity contribution in [3.8, 4) is 0 Å². The lowest BCUT2D eigenvalue weighted by Gasteiger charge is -2.24. The zero-order valence-electron chi connectivity index (χ0n) is 7.85. The zero-order valence-corrected chi connectivity index (χ0v) is 8.85. The average molecular weight is 174 g/mol. The molecule has 0 saturated heterocycles. The van der Waals surface area contributed by atoms with Crippen molar-refractivity contribution >= 4 is 8.07 Å². The van der Waals surface area contributed by atoms with Gasteiger partial charge in [-0.05, 0) is 13.0 Å². The first-order chi connectivity index (χ1) is 4.77. The second-order valence-corrected chi connectivity index (χ2v) is 9.52. The minimum absolute atomic E-state index is 0.659. The van der Waals surface area contributed by atoms with E-state index < -0.39 is 13.9 Å². The van der Waals surface area contributed by atoms with Crippen LogP contribution in [0.5, 0.6) is 0 Å². The smallest absolute Gasteiger partial charge is 0.181 e. The Morgan fingerprint density at radius 1 is 1.55 bits per heavy atom. The minimum Gasteiger partial charge on any atom is -0.362 e. The molecular weight excluding hydrogens is 156 g/mol. The van der Waals surface area contributed by atoms with E-state index in [-0.39, 0.29) is 0 Å². The van der Waals surface area contributed by atoms with Crippen molar-refractivity contribution < 1.29 is 9.84 Å². The summed E-state index contributed by atoms with van der Waals surface area (Å²) < 4.78 is 5.24. The van der Waals surface area contributed by atoms with Gasteiger partial charge in [-0.2, -0.15) is 0 Å². The second-order valence-electron chi connectivity index (χ2n) is 4.11. The molecule has 0 aliphatic rings. The van der Waals surface area contributed by atoms with E-state index in [2.05, 4.69) is 26.2 Å². The molecule has 1 atom stereocenters. The van der Waals surface area contributed by atoms with Gasteiger partial charge in [0.05, 0.1) is 8.07 Å². The lowest BCUT2D eigenvalue weighted by molar-refractivity contribution is -0.139. The highest BCUT2D eigenvalue weighted by Gasteiger charge is 2.21. The second kappa shape index (κ2) is 3.52. The highest BCUT2D eigenvalue weighted by atomic mass is 28.3. The molecule has 0 radical (unpaired) electrons. The van der Waals surface area contributed by atoms with E-state index >= 15 is 0 Å². The Kier molecular flexibility index (Phi) is 3.48. The topological polar surface area (TPSA) is 29.5 Å². The standard InChI is InChI=1S/C8H18O2Si/c1-6-8(2,9)10-7-11(3,4)5/h6,9H,1,7H2,2-5H3/t8-/m0/s1. The lowest BCUT2D eigenvalue weighted by Crippen LogP contribution is -2.36. The van der Waals surface area contributed by atoms with Crippen molar-refractivity contribution in [3.63, 3.8) is 0 Å². The summed E-state index contributed by atoms with van der Waals surface area (Å²) in [5.74, 6) is -1.15. The third-order valence-electron chi connectivity index (χ3n) is 1.18. The van der Waals surface area contributed by atoms with E-state index in [4.69, 9.17) is 4.74 Å². The van der Waals surface area contributed by atoms with Crippen molar-refractivity contribution in [2.75, 3.05) is 6.23 Å². The van der Waals surface area contributed by atoms with Crippen LogP contribution in [0.4, 0.5) is 0 Å². The maximum absolute atomic E-state index is 9.37. The van der Waals surface area contributed by atoms with Gasteiger partial charge in [0.1, 0.15) is 0 Å². The summed E-state index contributed by atoms with van der Waals surface area (Å²) in [7, 11) is -1.21. The quantitative estimate of drug-likeness (QED) is 0.400. The molecule has 0 aliphatic heterocycles. The van der Waals surface area contributed by atoms with Gasteiger partial charge in [0.2, 0.25) is 0 Å². The third kappa shape index (κ3) is 6.28. The van der Waals surface area contributed by atoms with E-state index in [1.165, 1.54) is 6.08 Å². The Hall–Kier alpha value is -0.123. The van der Waals surface area contributed by atoms with Crippen molar-refractivity contribution in [2.24, 2.45) is 0 Å². The molecular formula is C8H18O2Si. The van der Waals surface area contributed by atoms with Gasteiger partial charge in [0.15, 0.2) is 5.79 Å². The lowest BCUT2D eigenvalue weighted by atomic mass is 10.3. The average Bonchev–Trinajstić information content (AvgIpc) is 1.83. The fourth-order valence-electron chi connectivity index (χ4n) is 0.422. The zero-order chi connectivity index (χ0) is 9.12. The predicted molar refractivity (Wildman–Crippen MR) is 50.1 cm³/mol. The maximum atomic E-state index is 9.37. The monoisotopic (exact) mass is 174 g/mol. The Morgan fingerprint density at radius 2 is 2.00 bits per heavy atom. The van der Waals surface area contributed by atoms with Crippen LogP contribution in [-0.2, 0) is 4.74 Å². The number of hydrogen-bond acceptors (Lipinski definition) is 2. The van der Waals surface area contributed by atoms with Crippen LogP contribution in [0.2, 0.25) is 19.6 Å². The molecule has 0 spiro atoms. The van der Waals surface area contributed by atoms with Gasteiger partial charge >= 0.3 is 0 Å². The summed E-state index contributed by atoms with van der Waals surface area (Å²) in [6, 6.07) is 0. The largest absolute Gasteiger partial charge is 0.362 e. The Bertz CT molecular complexity index is 136. The first-order valence-electron chi connectivity index (χ1n) is 3.77. The summed E-state index contributed by atoms with van der Waals surface area (Å²) in [4.78, 5) is 0. The van der Waals surface area contributed by atoms with Gasteiger partial charge in [-0.25, -0.2) is 0 Å². The Labute approximate surface area is 69.9 Å². The van der Waals surface area contributed by atoms with Gasteiger partial charge in [-0.3, -0.25) is 0 Å². The van der Waals surface area contributed by atoms with E-state index in [1.54, 1.807) is 6.92 Å². The van der Waals surface area contributed by atoms with Crippen molar-refractivity contribution in [1.82, 2.24) is 0 Å². The molecule has 0 bridgehead atoms. The predicted octanol–water partition coefficient (Wildman–Crippen LogP) is 1.77. The summed E-state index contributed by atoms with van der Waals surface area (Å²) in [5.41, 5.74) is 0. The normalized spacial score (nSPS) is 17.5. The molecule has 0 aromatic carbocycles. The molecule has 0 aromatic rings. The van der Waals surface area contributed by atoms with Gasteiger partial charge in [0.25, 0.3) is 0 Å². The molecule has 0 saturated carbocycles. The summed E-state index contributed by atoms with van der Waals surface area (Å²) >= 11 is 0. The molecule has 0 fully saturated rings. The molecule has 1 N–H and O–H groups in total. The Morgan fingerprint density at radius 3 is 2.27 bits per heavy atom. The molecule has 11 heavy (non-hydrogen) atoms. The highest BCUT2D eigenvalue weighted by molar-refractivity contribution is 6.76. The van der Waals surface area contributed by atoms with Crippen LogP contribution in [-0.4, -0.2) is 25.2 Å². The summed E-state index contributed by atoms with van der Waals surface area (Å²) in [6.07, 6.45) is 2.07. The first-order valence-corrected chi connectivity index (χ1v) is 7.47. The fraction of sp³-hybridized carbons (Fsp3) is 0.750. The van der Waals surface area contributed by atoms with Crippen LogP contribution >= 0.6 is 0 Å². The molecule has 0 unspecified atom stereocenters. The molecule has 0 aliphatic carbocycles. The van der Waals surface area contributed by atoms with Crippen molar-refractivity contribution in [1.29, 1.82) is 0 Å². The van der Waals surface area contributed by atoms with Crippen LogP contribution in [0.3, 0.4) is 0 Å². The van der Waals surface area contributed by atoms with Crippen molar-refractivity contribution in [3.05, 3.63) is 12.7 Å². The van der Waals surface area contributed by atoms with Crippen LogP contribution < -0.4 is 0 Å². The SMILES string of the molecule is C=C[C@@](C)(O)OC[Si](C)(C)C. The van der Waals surface area contributed by atoms with Gasteiger partial charge in [-0.1, -0.05) is 26.2 Å². The fourth-order valence-corrected chi connectivity index (χ4v) is 1.15. The Balaban J connectivity index is 3.79. The maximum Gasteiger partial charge on any atom is 0.181 e. The molecule has 0 heterocycles. The number of aliphatic hydroxyl groups is 1. The molecule has 0 amide bonds. The van der Waals surface area contributed by atoms with E-state index in [0.29, 0.717) is 6.23 Å². The van der Waals surface area contributed by atoms with Gasteiger partial charge in [0, 0.05) is 6.23 Å². The molecule has 3 heteroatoms. The highest BCUT2D eigenvalue weighted by Crippen LogP contribution is 2.10. The van der Waals surface area contributed by atoms with Crippen LogP contribution in [0.15, 0.2) is 12.7 Å². The van der Waals surface area contributed by atoms with Gasteiger partial charge in [-0.15, -0.1) is 0 Å². The van der Waals surface area contributed by atoms with Crippen LogP contribution in [0.25, 0.3) is 0 Å². The summed E-state index contributed by atoms with van der Waals surface area (Å²) in [6.45, 7) is 11.6. The number of ether oxygens (including phenoxy) is 1. The number of hydrogen-bond donors (Lipinski definition) is 1.